The zero-order chi connectivity index (χ0) is 19.4. The lowest BCUT2D eigenvalue weighted by atomic mass is 10.1. The van der Waals surface area contributed by atoms with E-state index in [9.17, 15) is 24.5 Å². The number of esters is 1. The van der Waals surface area contributed by atoms with Crippen molar-refractivity contribution in [2.24, 2.45) is 0 Å². The first-order valence-corrected chi connectivity index (χ1v) is 7.57. The highest BCUT2D eigenvalue weighted by Crippen LogP contribution is 2.23. The molecule has 0 bridgehead atoms. The van der Waals surface area contributed by atoms with E-state index in [4.69, 9.17) is 9.15 Å². The highest BCUT2D eigenvalue weighted by molar-refractivity contribution is 5.99. The number of nitro benzene ring substituents is 1. The van der Waals surface area contributed by atoms with Crippen molar-refractivity contribution in [3.63, 3.8) is 0 Å². The molecular formula is C17H16N2O7. The molecule has 0 unspecified atom stereocenters. The smallest absolute Gasteiger partial charge is 0.342 e. The summed E-state index contributed by atoms with van der Waals surface area (Å²) in [6.07, 6.45) is -1.23. The van der Waals surface area contributed by atoms with Crippen LogP contribution in [0.3, 0.4) is 0 Å². The van der Waals surface area contributed by atoms with Crippen LogP contribution in [0.1, 0.15) is 28.6 Å². The van der Waals surface area contributed by atoms with Crippen LogP contribution in [0.15, 0.2) is 39.5 Å². The number of anilines is 1. The molecule has 0 aliphatic heterocycles. The van der Waals surface area contributed by atoms with Crippen LogP contribution in [0.2, 0.25) is 0 Å². The third-order valence-corrected chi connectivity index (χ3v) is 3.55. The molecule has 0 aliphatic rings. The summed E-state index contributed by atoms with van der Waals surface area (Å²) in [5.74, 6) is -1.50. The van der Waals surface area contributed by atoms with Crippen LogP contribution in [0, 0.1) is 24.0 Å². The molecule has 1 heterocycles. The number of nitrogens with one attached hydrogen (secondary N) is 1. The average molecular weight is 360 g/mol. The first kappa shape index (κ1) is 18.8. The van der Waals surface area contributed by atoms with E-state index in [1.54, 1.807) is 6.92 Å². The van der Waals surface area contributed by atoms with Gasteiger partial charge in [0.05, 0.1) is 4.92 Å². The van der Waals surface area contributed by atoms with Gasteiger partial charge in [-0.1, -0.05) is 12.1 Å². The van der Waals surface area contributed by atoms with Gasteiger partial charge < -0.3 is 14.5 Å². The lowest BCUT2D eigenvalue weighted by Gasteiger charge is -2.15. The van der Waals surface area contributed by atoms with Gasteiger partial charge in [0, 0.05) is 12.1 Å². The summed E-state index contributed by atoms with van der Waals surface area (Å²) in [6, 6.07) is 6.74. The van der Waals surface area contributed by atoms with Crippen molar-refractivity contribution in [2.75, 3.05) is 5.32 Å². The van der Waals surface area contributed by atoms with Gasteiger partial charge >= 0.3 is 11.6 Å². The number of para-hydroxylation sites is 2. The number of benzene rings is 1. The molecule has 1 amide bonds. The summed E-state index contributed by atoms with van der Waals surface area (Å²) in [6.45, 7) is 4.30. The third kappa shape index (κ3) is 4.12. The van der Waals surface area contributed by atoms with Gasteiger partial charge in [-0.25, -0.2) is 9.59 Å². The number of carbonyl (C=O) groups excluding carboxylic acids is 2. The molecule has 0 aliphatic carbocycles. The van der Waals surface area contributed by atoms with Crippen LogP contribution >= 0.6 is 0 Å². The fraction of sp³-hybridized carbons (Fsp3) is 0.235. The Balaban J connectivity index is 2.14. The van der Waals surface area contributed by atoms with Crippen LogP contribution in [0.4, 0.5) is 11.4 Å². The van der Waals surface area contributed by atoms with Crippen LogP contribution in [0.5, 0.6) is 0 Å². The number of aryl methyl sites for hydroxylation is 2. The molecule has 1 aromatic carbocycles. The van der Waals surface area contributed by atoms with Gasteiger partial charge in [0.15, 0.2) is 6.10 Å². The van der Waals surface area contributed by atoms with Gasteiger partial charge in [0.1, 0.15) is 17.0 Å². The summed E-state index contributed by atoms with van der Waals surface area (Å²) in [4.78, 5) is 46.1. The quantitative estimate of drug-likeness (QED) is 0.492. The number of carbonyl (C=O) groups is 2. The van der Waals surface area contributed by atoms with E-state index in [1.165, 1.54) is 38.1 Å². The van der Waals surface area contributed by atoms with Gasteiger partial charge in [-0.2, -0.15) is 0 Å². The molecule has 1 atom stereocenters. The molecule has 1 N–H and O–H groups in total. The average Bonchev–Trinajstić information content (AvgIpc) is 2.53. The summed E-state index contributed by atoms with van der Waals surface area (Å²) in [7, 11) is 0. The fourth-order valence-corrected chi connectivity index (χ4v) is 2.31. The number of nitro groups is 1. The first-order valence-electron chi connectivity index (χ1n) is 7.57. The molecular weight excluding hydrogens is 344 g/mol. The lowest BCUT2D eigenvalue weighted by molar-refractivity contribution is -0.383. The van der Waals surface area contributed by atoms with E-state index in [0.29, 0.717) is 5.56 Å². The van der Waals surface area contributed by atoms with Crippen LogP contribution in [-0.2, 0) is 9.53 Å². The predicted octanol–water partition coefficient (Wildman–Crippen LogP) is 2.35. The van der Waals surface area contributed by atoms with Crippen molar-refractivity contribution >= 4 is 23.3 Å². The Kier molecular flexibility index (Phi) is 5.51. The minimum atomic E-state index is -1.23. The molecule has 9 nitrogen and oxygen atoms in total. The molecule has 136 valence electrons. The second-order valence-corrected chi connectivity index (χ2v) is 5.49. The fourth-order valence-electron chi connectivity index (χ4n) is 2.31. The third-order valence-electron chi connectivity index (χ3n) is 3.55. The zero-order valence-corrected chi connectivity index (χ0v) is 14.3. The van der Waals surface area contributed by atoms with E-state index < -0.39 is 28.5 Å². The monoisotopic (exact) mass is 360 g/mol. The zero-order valence-electron chi connectivity index (χ0n) is 14.3. The van der Waals surface area contributed by atoms with Crippen LogP contribution in [0.25, 0.3) is 0 Å². The molecule has 0 fully saturated rings. The molecule has 2 aromatic rings. The van der Waals surface area contributed by atoms with Gasteiger partial charge in [0.2, 0.25) is 0 Å². The van der Waals surface area contributed by atoms with Crippen molar-refractivity contribution < 1.29 is 23.7 Å². The van der Waals surface area contributed by atoms with Gasteiger partial charge in [0.25, 0.3) is 11.6 Å². The predicted molar refractivity (Wildman–Crippen MR) is 91.1 cm³/mol. The Hall–Kier alpha value is -3.49. The largest absolute Gasteiger partial charge is 0.449 e. The Morgan fingerprint density at radius 1 is 1.27 bits per heavy atom. The molecule has 1 aromatic heterocycles. The number of nitrogens with zero attached hydrogens (tertiary/aromatic N) is 1. The number of hydrogen-bond donors (Lipinski definition) is 1. The summed E-state index contributed by atoms with van der Waals surface area (Å²) >= 11 is 0. The van der Waals surface area contributed by atoms with E-state index >= 15 is 0 Å². The van der Waals surface area contributed by atoms with Gasteiger partial charge in [-0.05, 0) is 32.4 Å². The van der Waals surface area contributed by atoms with Crippen molar-refractivity contribution in [1.29, 1.82) is 0 Å². The maximum Gasteiger partial charge on any atom is 0.342 e. The van der Waals surface area contributed by atoms with Gasteiger partial charge in [-0.15, -0.1) is 0 Å². The van der Waals surface area contributed by atoms with E-state index in [-0.39, 0.29) is 22.7 Å². The van der Waals surface area contributed by atoms with Gasteiger partial charge in [-0.3, -0.25) is 14.9 Å². The van der Waals surface area contributed by atoms with Crippen molar-refractivity contribution in [3.05, 3.63) is 67.8 Å². The maximum absolute atomic E-state index is 12.3. The van der Waals surface area contributed by atoms with Crippen LogP contribution in [-0.4, -0.2) is 22.9 Å². The number of amides is 1. The highest BCUT2D eigenvalue weighted by atomic mass is 16.6. The van der Waals surface area contributed by atoms with Crippen LogP contribution < -0.4 is 10.9 Å². The van der Waals surface area contributed by atoms with E-state index in [0.717, 1.165) is 6.07 Å². The Labute approximate surface area is 147 Å². The summed E-state index contributed by atoms with van der Waals surface area (Å²) in [5.41, 5.74) is -0.483. The SMILES string of the molecule is Cc1cc(=O)oc(C)c1C(=O)O[C@H](C)C(=O)Nc1ccccc1[N+](=O)[O-]. The Morgan fingerprint density at radius 3 is 2.54 bits per heavy atom. The Morgan fingerprint density at radius 2 is 1.92 bits per heavy atom. The highest BCUT2D eigenvalue weighted by Gasteiger charge is 2.24. The van der Waals surface area contributed by atoms with Crippen molar-refractivity contribution in [3.8, 4) is 0 Å². The molecule has 0 saturated heterocycles. The van der Waals surface area contributed by atoms with Crippen molar-refractivity contribution in [1.82, 2.24) is 0 Å². The minimum Gasteiger partial charge on any atom is -0.449 e. The lowest BCUT2D eigenvalue weighted by Crippen LogP contribution is -2.30. The van der Waals surface area contributed by atoms with E-state index in [1.807, 2.05) is 0 Å². The first-order chi connectivity index (χ1) is 12.2. The van der Waals surface area contributed by atoms with Crippen molar-refractivity contribution in [2.45, 2.75) is 26.9 Å². The second kappa shape index (κ2) is 7.60. The van der Waals surface area contributed by atoms with E-state index in [2.05, 4.69) is 5.32 Å². The normalized spacial score (nSPS) is 11.5. The molecule has 9 heteroatoms. The standard InChI is InChI=1S/C17H16N2O7/c1-9-8-14(20)25-10(2)15(9)17(22)26-11(3)16(21)18-12-6-4-5-7-13(12)19(23)24/h4-8,11H,1-3H3,(H,18,21)/t11-/m1/s1. The molecule has 0 saturated carbocycles. The number of hydrogen-bond acceptors (Lipinski definition) is 7. The maximum atomic E-state index is 12.3. The summed E-state index contributed by atoms with van der Waals surface area (Å²) < 4.78 is 9.95. The minimum absolute atomic E-state index is 0.0107. The molecule has 0 spiro atoms. The number of rotatable bonds is 5. The topological polar surface area (TPSA) is 129 Å². The molecule has 2 rings (SSSR count). The molecule has 0 radical (unpaired) electrons. The second-order valence-electron chi connectivity index (χ2n) is 5.49. The molecule has 26 heavy (non-hydrogen) atoms. The summed E-state index contributed by atoms with van der Waals surface area (Å²) in [5, 5.41) is 13.3. The number of ether oxygens (including phenoxy) is 1. The Bertz CT molecular complexity index is 907.